The van der Waals surface area contributed by atoms with E-state index in [-0.39, 0.29) is 17.3 Å². The lowest BCUT2D eigenvalue weighted by molar-refractivity contribution is 0.0590. The predicted octanol–water partition coefficient (Wildman–Crippen LogP) is 2.51. The Hall–Kier alpha value is -2.66. The Morgan fingerprint density at radius 2 is 2.03 bits per heavy atom. The van der Waals surface area contributed by atoms with Gasteiger partial charge in [-0.15, -0.1) is 0 Å². The Labute approximate surface area is 175 Å². The van der Waals surface area contributed by atoms with E-state index in [1.54, 1.807) is 0 Å². The summed E-state index contributed by atoms with van der Waals surface area (Å²) >= 11 is 3.22. The van der Waals surface area contributed by atoms with Gasteiger partial charge in [0.05, 0.1) is 19.4 Å². The van der Waals surface area contributed by atoms with Crippen molar-refractivity contribution < 1.29 is 26.9 Å². The maximum absolute atomic E-state index is 13.2. The predicted molar refractivity (Wildman–Crippen MR) is 106 cm³/mol. The van der Waals surface area contributed by atoms with Crippen molar-refractivity contribution in [1.29, 1.82) is 0 Å². The fourth-order valence-electron chi connectivity index (χ4n) is 2.72. The highest BCUT2D eigenvalue weighted by Crippen LogP contribution is 2.24. The van der Waals surface area contributed by atoms with Crippen molar-refractivity contribution in [3.8, 4) is 5.75 Å². The van der Waals surface area contributed by atoms with Gasteiger partial charge in [0, 0.05) is 10.5 Å². The zero-order valence-electron chi connectivity index (χ0n) is 15.5. The molecule has 0 spiro atoms. The minimum absolute atomic E-state index is 0.133. The lowest BCUT2D eigenvalue weighted by atomic mass is 10.2. The molecule has 0 saturated heterocycles. The van der Waals surface area contributed by atoms with Crippen LogP contribution in [0.3, 0.4) is 0 Å². The molecular weight excluding hydrogens is 468 g/mol. The molecule has 2 heterocycles. The third-order valence-electron chi connectivity index (χ3n) is 4.21. The smallest absolute Gasteiger partial charge is 0.360 e. The Morgan fingerprint density at radius 3 is 2.66 bits per heavy atom. The normalized spacial score (nSPS) is 15.8. The Bertz CT molecular complexity index is 1120. The fraction of sp³-hybridized carbons (Fsp3) is 0.278. The summed E-state index contributed by atoms with van der Waals surface area (Å²) in [6.07, 6.45) is 3.28. The molecule has 1 aromatic carbocycles. The highest BCUT2D eigenvalue weighted by Gasteiger charge is 2.30. The second kappa shape index (κ2) is 8.37. The summed E-state index contributed by atoms with van der Waals surface area (Å²) in [7, 11) is -3.32. The summed E-state index contributed by atoms with van der Waals surface area (Å²) < 4.78 is 42.4. The van der Waals surface area contributed by atoms with Gasteiger partial charge in [-0.1, -0.05) is 22.9 Å². The van der Waals surface area contributed by atoms with Crippen LogP contribution >= 0.6 is 15.9 Å². The van der Waals surface area contributed by atoms with E-state index in [0.717, 1.165) is 7.11 Å². The summed E-state index contributed by atoms with van der Waals surface area (Å²) in [4.78, 5) is 29.3. The number of carbonyl (C=O) groups is 1. The Kier molecular flexibility index (Phi) is 6.08. The minimum atomic E-state index is -4.41. The van der Waals surface area contributed by atoms with Crippen LogP contribution < -0.4 is 9.74 Å². The first-order chi connectivity index (χ1) is 13.8. The number of carbonyl (C=O) groups excluding carboxylic acids is 1. The third-order valence-corrected chi connectivity index (χ3v) is 5.98. The summed E-state index contributed by atoms with van der Waals surface area (Å²) in [5.41, 5.74) is -1.36. The monoisotopic (exact) mass is 484 g/mol. The highest BCUT2D eigenvalue weighted by atomic mass is 79.9. The lowest BCUT2D eigenvalue weighted by Gasteiger charge is -2.19. The van der Waals surface area contributed by atoms with E-state index in [9.17, 15) is 18.0 Å². The molecule has 1 aliphatic heterocycles. The topological polar surface area (TPSA) is 114 Å². The number of fused-ring (bicyclic) bond motifs is 1. The van der Waals surface area contributed by atoms with Gasteiger partial charge < -0.3 is 13.7 Å². The second-order valence-electron chi connectivity index (χ2n) is 6.00. The van der Waals surface area contributed by atoms with Crippen LogP contribution in [0.25, 0.3) is 6.08 Å². The molecule has 0 bridgehead atoms. The number of hydrogen-bond acceptors (Lipinski definition) is 8. The molecule has 0 N–H and O–H groups in total. The molecule has 1 atom stereocenters. The van der Waals surface area contributed by atoms with E-state index in [4.69, 9.17) is 8.92 Å². The first-order valence-electron chi connectivity index (χ1n) is 8.51. The average Bonchev–Trinajstić information content (AvgIpc) is 2.91. The molecule has 1 aromatic heterocycles. The van der Waals surface area contributed by atoms with Gasteiger partial charge in [-0.05, 0) is 30.7 Å². The Balaban J connectivity index is 2.20. The minimum Gasteiger partial charge on any atom is -0.499 e. The number of methoxy groups -OCH3 is 1. The number of esters is 1. The summed E-state index contributed by atoms with van der Waals surface area (Å²) in [5, 5.41) is 0. The highest BCUT2D eigenvalue weighted by molar-refractivity contribution is 9.10. The third kappa shape index (κ3) is 4.20. The molecule has 0 unspecified atom stereocenters. The fourth-order valence-corrected chi connectivity index (χ4v) is 3.92. The van der Waals surface area contributed by atoms with E-state index in [1.807, 2.05) is 6.92 Å². The van der Waals surface area contributed by atoms with E-state index in [1.165, 1.54) is 41.2 Å². The van der Waals surface area contributed by atoms with Crippen LogP contribution in [0.15, 0.2) is 44.7 Å². The van der Waals surface area contributed by atoms with Gasteiger partial charge in [-0.25, -0.2) is 9.78 Å². The van der Waals surface area contributed by atoms with Crippen LogP contribution in [-0.2, 0) is 19.6 Å². The van der Waals surface area contributed by atoms with Crippen LogP contribution in [0.4, 0.5) is 0 Å². The molecule has 0 aliphatic carbocycles. The maximum atomic E-state index is 13.2. The first-order valence-corrected chi connectivity index (χ1v) is 10.7. The number of rotatable bonds is 5. The molecule has 1 aliphatic rings. The molecule has 11 heteroatoms. The van der Waals surface area contributed by atoms with Crippen molar-refractivity contribution in [3.05, 3.63) is 56.9 Å². The molecule has 29 heavy (non-hydrogen) atoms. The molecule has 0 radical (unpaired) electrons. The number of benzene rings is 1. The molecule has 154 valence electrons. The maximum Gasteiger partial charge on any atom is 0.360 e. The van der Waals surface area contributed by atoms with Crippen LogP contribution in [0.2, 0.25) is 0 Å². The van der Waals surface area contributed by atoms with Gasteiger partial charge in [0.25, 0.3) is 5.56 Å². The SMILES string of the molecule is CC[C@H]1COC=Cc2nc(C(=O)OC)c(OS(=O)(=O)c3ccc(Br)cc3)c(=O)n21. The largest absolute Gasteiger partial charge is 0.499 e. The van der Waals surface area contributed by atoms with Gasteiger partial charge in [-0.3, -0.25) is 9.36 Å². The summed E-state index contributed by atoms with van der Waals surface area (Å²) in [6.45, 7) is 2.01. The molecular formula is C18H17BrN2O7S. The zero-order valence-corrected chi connectivity index (χ0v) is 17.9. The second-order valence-corrected chi connectivity index (χ2v) is 8.47. The molecule has 0 fully saturated rings. The summed E-state index contributed by atoms with van der Waals surface area (Å²) in [5.74, 6) is -1.59. The number of hydrogen-bond donors (Lipinski definition) is 0. The molecule has 0 amide bonds. The van der Waals surface area contributed by atoms with Gasteiger partial charge in [0.1, 0.15) is 17.3 Å². The Morgan fingerprint density at radius 1 is 1.34 bits per heavy atom. The van der Waals surface area contributed by atoms with Gasteiger partial charge in [0.15, 0.2) is 5.69 Å². The number of ether oxygens (including phenoxy) is 2. The van der Waals surface area contributed by atoms with Gasteiger partial charge in [-0.2, -0.15) is 8.42 Å². The summed E-state index contributed by atoms with van der Waals surface area (Å²) in [6, 6.07) is 5.20. The van der Waals surface area contributed by atoms with Crippen LogP contribution in [-0.4, -0.2) is 37.7 Å². The van der Waals surface area contributed by atoms with Crippen LogP contribution in [0.1, 0.15) is 35.7 Å². The quantitative estimate of drug-likeness (QED) is 0.469. The first kappa shape index (κ1) is 21.1. The van der Waals surface area contributed by atoms with Gasteiger partial charge in [0.2, 0.25) is 5.75 Å². The van der Waals surface area contributed by atoms with Crippen molar-refractivity contribution in [2.24, 2.45) is 0 Å². The van der Waals surface area contributed by atoms with E-state index in [2.05, 4.69) is 25.7 Å². The number of aromatic nitrogens is 2. The number of halogens is 1. The van der Waals surface area contributed by atoms with Crippen molar-refractivity contribution >= 4 is 38.1 Å². The van der Waals surface area contributed by atoms with E-state index >= 15 is 0 Å². The van der Waals surface area contributed by atoms with Crippen molar-refractivity contribution in [2.45, 2.75) is 24.3 Å². The average molecular weight is 485 g/mol. The van der Waals surface area contributed by atoms with Crippen molar-refractivity contribution in [3.63, 3.8) is 0 Å². The van der Waals surface area contributed by atoms with Gasteiger partial charge >= 0.3 is 16.1 Å². The molecule has 9 nitrogen and oxygen atoms in total. The number of nitrogens with zero attached hydrogens (tertiary/aromatic N) is 2. The van der Waals surface area contributed by atoms with E-state index in [0.29, 0.717) is 10.9 Å². The lowest BCUT2D eigenvalue weighted by Crippen LogP contribution is -2.33. The van der Waals surface area contributed by atoms with Crippen LogP contribution in [0, 0.1) is 0 Å². The molecule has 2 aromatic rings. The van der Waals surface area contributed by atoms with E-state index < -0.39 is 39.1 Å². The standard InChI is InChI=1S/C18H17BrN2O7S/c1-3-12-10-27-9-8-14-20-15(18(23)26-2)16(17(22)21(12)14)28-29(24,25)13-6-4-11(19)5-7-13/h4-9,12H,3,10H2,1-2H3/t12-/m0/s1. The van der Waals surface area contributed by atoms with Crippen molar-refractivity contribution in [1.82, 2.24) is 9.55 Å². The van der Waals surface area contributed by atoms with Crippen molar-refractivity contribution in [2.75, 3.05) is 13.7 Å². The zero-order chi connectivity index (χ0) is 21.2. The van der Waals surface area contributed by atoms with Crippen LogP contribution in [0.5, 0.6) is 5.75 Å². The molecule has 3 rings (SSSR count). The molecule has 0 saturated carbocycles.